The van der Waals surface area contributed by atoms with Gasteiger partial charge >= 0.3 is 0 Å². The molecule has 5 nitrogen and oxygen atoms in total. The molecule has 0 radical (unpaired) electrons. The Morgan fingerprint density at radius 3 is 2.70 bits per heavy atom. The molecule has 1 aromatic carbocycles. The number of nitrogens with zero attached hydrogens (tertiary/aromatic N) is 2. The number of fused-ring (bicyclic) bond motifs is 1. The van der Waals surface area contributed by atoms with E-state index in [-0.39, 0.29) is 12.1 Å². The first-order valence-corrected chi connectivity index (χ1v) is 9.50. The van der Waals surface area contributed by atoms with E-state index >= 15 is 0 Å². The maximum atomic E-state index is 13.3. The number of hydrogen-bond donors (Lipinski definition) is 1. The van der Waals surface area contributed by atoms with Gasteiger partial charge < -0.3 is 19.2 Å². The first kappa shape index (κ1) is 16.2. The van der Waals surface area contributed by atoms with Gasteiger partial charge in [0.25, 0.3) is 5.91 Å². The monoisotopic (exact) mass is 361 g/mol. The molecular formula is C22H23N3O2. The Balaban J connectivity index is 1.60. The number of benzene rings is 1. The van der Waals surface area contributed by atoms with Crippen molar-refractivity contribution >= 4 is 11.6 Å². The standard InChI is InChI=1S/C22H23N3O2/c1-14-12-19(15(2)25(14)16-9-10-16)21-23-20-8-4-3-7-18(20)22(26)24(21)13-17-6-5-11-27-17/h3-8,11-12,16,21,23H,9-10,13H2,1-2H3/t21-/m1/s1. The Hall–Kier alpha value is -2.95. The quantitative estimate of drug-likeness (QED) is 0.726. The fourth-order valence-corrected chi connectivity index (χ4v) is 4.25. The van der Waals surface area contributed by atoms with Crippen LogP contribution >= 0.6 is 0 Å². The lowest BCUT2D eigenvalue weighted by molar-refractivity contribution is 0.0651. The third-order valence-corrected chi connectivity index (χ3v) is 5.66. The molecule has 3 aromatic rings. The number of aromatic nitrogens is 1. The number of anilines is 1. The van der Waals surface area contributed by atoms with Gasteiger partial charge in [-0.2, -0.15) is 0 Å². The highest BCUT2D eigenvalue weighted by atomic mass is 16.3. The predicted octanol–water partition coefficient (Wildman–Crippen LogP) is 4.80. The Labute approximate surface area is 158 Å². The molecule has 2 aromatic heterocycles. The molecule has 1 amide bonds. The molecule has 1 atom stereocenters. The Kier molecular flexibility index (Phi) is 3.64. The van der Waals surface area contributed by atoms with Gasteiger partial charge in [0, 0.05) is 28.7 Å². The summed E-state index contributed by atoms with van der Waals surface area (Å²) in [6.45, 7) is 4.76. The van der Waals surface area contributed by atoms with Crippen molar-refractivity contribution in [2.24, 2.45) is 0 Å². The summed E-state index contributed by atoms with van der Waals surface area (Å²) >= 11 is 0. The summed E-state index contributed by atoms with van der Waals surface area (Å²) in [5.41, 5.74) is 5.25. The van der Waals surface area contributed by atoms with E-state index in [2.05, 4.69) is 29.8 Å². The second-order valence-corrected chi connectivity index (χ2v) is 7.53. The maximum absolute atomic E-state index is 13.3. The summed E-state index contributed by atoms with van der Waals surface area (Å²) in [5.74, 6) is 0.813. The molecule has 0 saturated heterocycles. The second-order valence-electron chi connectivity index (χ2n) is 7.53. The highest BCUT2D eigenvalue weighted by molar-refractivity contribution is 6.01. The molecule has 1 aliphatic carbocycles. The number of aryl methyl sites for hydroxylation is 1. The lowest BCUT2D eigenvalue weighted by Crippen LogP contribution is -2.42. The topological polar surface area (TPSA) is 50.4 Å². The number of carbonyl (C=O) groups excluding carboxylic acids is 1. The van der Waals surface area contributed by atoms with E-state index in [0.29, 0.717) is 18.2 Å². The molecule has 1 aliphatic heterocycles. The van der Waals surface area contributed by atoms with Crippen molar-refractivity contribution in [1.29, 1.82) is 0 Å². The zero-order valence-corrected chi connectivity index (χ0v) is 15.6. The summed E-state index contributed by atoms with van der Waals surface area (Å²) in [5, 5.41) is 3.60. The average Bonchev–Trinajstić information content (AvgIpc) is 3.27. The number of rotatable bonds is 4. The van der Waals surface area contributed by atoms with Crippen LogP contribution in [0.4, 0.5) is 5.69 Å². The SMILES string of the molecule is Cc1cc([C@@H]2Nc3ccccc3C(=O)N2Cc2ccco2)c(C)n1C1CC1. The van der Waals surface area contributed by atoms with Crippen LogP contribution < -0.4 is 5.32 Å². The van der Waals surface area contributed by atoms with Crippen LogP contribution in [0.2, 0.25) is 0 Å². The normalized spacial score (nSPS) is 19.1. The van der Waals surface area contributed by atoms with Crippen LogP contribution in [0, 0.1) is 13.8 Å². The van der Waals surface area contributed by atoms with Crippen molar-refractivity contribution in [3.63, 3.8) is 0 Å². The Morgan fingerprint density at radius 2 is 1.96 bits per heavy atom. The molecule has 0 bridgehead atoms. The van der Waals surface area contributed by atoms with Gasteiger partial charge in [-0.1, -0.05) is 12.1 Å². The van der Waals surface area contributed by atoms with Gasteiger partial charge in [-0.3, -0.25) is 4.79 Å². The molecule has 1 fully saturated rings. The second kappa shape index (κ2) is 6.05. The largest absolute Gasteiger partial charge is 0.467 e. The lowest BCUT2D eigenvalue weighted by Gasteiger charge is -2.37. The number of nitrogens with one attached hydrogen (secondary N) is 1. The molecule has 5 heteroatoms. The Morgan fingerprint density at radius 1 is 1.15 bits per heavy atom. The van der Waals surface area contributed by atoms with Gasteiger partial charge in [-0.15, -0.1) is 0 Å². The van der Waals surface area contributed by atoms with Crippen molar-refractivity contribution in [3.05, 3.63) is 77.0 Å². The predicted molar refractivity (Wildman–Crippen MR) is 104 cm³/mol. The van der Waals surface area contributed by atoms with Gasteiger partial charge in [0.05, 0.1) is 18.4 Å². The van der Waals surface area contributed by atoms with E-state index in [4.69, 9.17) is 4.42 Å². The molecule has 0 spiro atoms. The number of amides is 1. The maximum Gasteiger partial charge on any atom is 0.258 e. The summed E-state index contributed by atoms with van der Waals surface area (Å²) in [6.07, 6.45) is 3.92. The van der Waals surface area contributed by atoms with E-state index in [1.807, 2.05) is 41.3 Å². The van der Waals surface area contributed by atoms with Gasteiger partial charge in [0.1, 0.15) is 11.9 Å². The summed E-state index contributed by atoms with van der Waals surface area (Å²) in [7, 11) is 0. The third-order valence-electron chi connectivity index (χ3n) is 5.66. The van der Waals surface area contributed by atoms with E-state index in [0.717, 1.165) is 17.0 Å². The van der Waals surface area contributed by atoms with E-state index in [1.54, 1.807) is 6.26 Å². The van der Waals surface area contributed by atoms with Gasteiger partial charge in [-0.05, 0) is 57.0 Å². The van der Waals surface area contributed by atoms with Crippen LogP contribution in [0.5, 0.6) is 0 Å². The first-order chi connectivity index (χ1) is 13.1. The number of para-hydroxylation sites is 1. The Bertz CT molecular complexity index is 999. The van der Waals surface area contributed by atoms with E-state index in [1.165, 1.54) is 24.2 Å². The first-order valence-electron chi connectivity index (χ1n) is 9.50. The summed E-state index contributed by atoms with van der Waals surface area (Å²) in [6, 6.07) is 14.3. The molecule has 0 unspecified atom stereocenters. The highest BCUT2D eigenvalue weighted by Gasteiger charge is 2.36. The smallest absolute Gasteiger partial charge is 0.258 e. The van der Waals surface area contributed by atoms with Crippen molar-refractivity contribution in [2.45, 2.75) is 45.4 Å². The molecular weight excluding hydrogens is 338 g/mol. The molecule has 3 heterocycles. The zero-order chi connectivity index (χ0) is 18.5. The molecule has 1 saturated carbocycles. The van der Waals surface area contributed by atoms with Crippen LogP contribution in [-0.4, -0.2) is 15.4 Å². The molecule has 138 valence electrons. The van der Waals surface area contributed by atoms with Crippen LogP contribution in [-0.2, 0) is 6.54 Å². The molecule has 27 heavy (non-hydrogen) atoms. The minimum Gasteiger partial charge on any atom is -0.467 e. The van der Waals surface area contributed by atoms with Crippen LogP contribution in [0.3, 0.4) is 0 Å². The molecule has 2 aliphatic rings. The number of furan rings is 1. The number of hydrogen-bond acceptors (Lipinski definition) is 3. The van der Waals surface area contributed by atoms with Crippen molar-refractivity contribution < 1.29 is 9.21 Å². The average molecular weight is 361 g/mol. The minimum absolute atomic E-state index is 0.0296. The fraction of sp³-hybridized carbons (Fsp3) is 0.318. The van der Waals surface area contributed by atoms with Crippen LogP contribution in [0.25, 0.3) is 0 Å². The van der Waals surface area contributed by atoms with Gasteiger partial charge in [0.2, 0.25) is 0 Å². The van der Waals surface area contributed by atoms with Crippen molar-refractivity contribution in [2.75, 3.05) is 5.32 Å². The highest BCUT2D eigenvalue weighted by Crippen LogP contribution is 2.42. The van der Waals surface area contributed by atoms with Crippen LogP contribution in [0.15, 0.2) is 53.1 Å². The summed E-state index contributed by atoms with van der Waals surface area (Å²) < 4.78 is 7.96. The van der Waals surface area contributed by atoms with Gasteiger partial charge in [0.15, 0.2) is 0 Å². The molecule has 1 N–H and O–H groups in total. The molecule has 5 rings (SSSR count). The third kappa shape index (κ3) is 2.65. The lowest BCUT2D eigenvalue weighted by atomic mass is 10.0. The summed E-state index contributed by atoms with van der Waals surface area (Å²) in [4.78, 5) is 15.2. The van der Waals surface area contributed by atoms with E-state index < -0.39 is 0 Å². The van der Waals surface area contributed by atoms with E-state index in [9.17, 15) is 4.79 Å². The minimum atomic E-state index is -0.212. The van der Waals surface area contributed by atoms with Crippen LogP contribution in [0.1, 0.15) is 58.1 Å². The fourth-order valence-electron chi connectivity index (χ4n) is 4.25. The van der Waals surface area contributed by atoms with Crippen molar-refractivity contribution in [1.82, 2.24) is 9.47 Å². The van der Waals surface area contributed by atoms with Crippen molar-refractivity contribution in [3.8, 4) is 0 Å². The number of carbonyl (C=O) groups is 1. The zero-order valence-electron chi connectivity index (χ0n) is 15.6. The van der Waals surface area contributed by atoms with Gasteiger partial charge in [-0.25, -0.2) is 0 Å².